The van der Waals surface area contributed by atoms with Crippen molar-refractivity contribution in [1.29, 1.82) is 0 Å². The molecule has 0 fully saturated rings. The Hall–Kier alpha value is -5.42. The molecule has 0 amide bonds. The van der Waals surface area contributed by atoms with E-state index in [-0.39, 0.29) is 0 Å². The maximum Gasteiger partial charge on any atom is 0.227 e. The van der Waals surface area contributed by atoms with Crippen LogP contribution >= 0.6 is 0 Å². The Balaban J connectivity index is 1.21. The number of para-hydroxylation sites is 2. The van der Waals surface area contributed by atoms with Crippen LogP contribution in [-0.4, -0.2) is 19.9 Å². The molecule has 2 heterocycles. The van der Waals surface area contributed by atoms with Crippen molar-refractivity contribution in [3.63, 3.8) is 0 Å². The molecule has 2 aromatic heterocycles. The van der Waals surface area contributed by atoms with Crippen LogP contribution in [-0.2, 0) is 0 Å². The number of benzene rings is 5. The Morgan fingerprint density at radius 3 is 1.26 bits per heavy atom. The highest BCUT2D eigenvalue weighted by Crippen LogP contribution is 2.29. The van der Waals surface area contributed by atoms with Gasteiger partial charge in [0.1, 0.15) is 5.52 Å². The van der Waals surface area contributed by atoms with Gasteiger partial charge >= 0.3 is 0 Å². The molecule has 0 N–H and O–H groups in total. The first kappa shape index (κ1) is 22.8. The molecule has 0 atom stereocenters. The van der Waals surface area contributed by atoms with E-state index >= 15 is 0 Å². The summed E-state index contributed by atoms with van der Waals surface area (Å²) in [5.41, 5.74) is 7.63. The highest BCUT2D eigenvalue weighted by molar-refractivity contribution is 5.77. The third-order valence-electron chi connectivity index (χ3n) is 6.60. The molecule has 5 nitrogen and oxygen atoms in total. The lowest BCUT2D eigenvalue weighted by atomic mass is 10.0. The van der Waals surface area contributed by atoms with E-state index in [9.17, 15) is 0 Å². The summed E-state index contributed by atoms with van der Waals surface area (Å²) >= 11 is 0. The standard InChI is InChI=1S/C34H22N4O/c1-3-9-25(10-4-1)31-36-32(26-11-5-2-6-12-26)38-33(37-31)27-19-15-23(16-20-27)24-17-21-28(22-18-24)34-35-29-13-7-8-14-30(29)39-34/h1-22H. The molecule has 184 valence electrons. The summed E-state index contributed by atoms with van der Waals surface area (Å²) in [6.45, 7) is 0. The molecule has 0 aliphatic heterocycles. The molecule has 39 heavy (non-hydrogen) atoms. The van der Waals surface area contributed by atoms with Crippen LogP contribution in [0, 0.1) is 0 Å². The normalized spacial score (nSPS) is 11.1. The van der Waals surface area contributed by atoms with Crippen molar-refractivity contribution >= 4 is 11.1 Å². The van der Waals surface area contributed by atoms with E-state index in [1.807, 2.05) is 97.1 Å². The maximum absolute atomic E-state index is 5.92. The van der Waals surface area contributed by atoms with E-state index in [2.05, 4.69) is 41.4 Å². The number of fused-ring (bicyclic) bond motifs is 1. The number of oxazole rings is 1. The zero-order valence-corrected chi connectivity index (χ0v) is 20.9. The second-order valence-corrected chi connectivity index (χ2v) is 9.18. The van der Waals surface area contributed by atoms with Gasteiger partial charge in [0.2, 0.25) is 5.89 Å². The van der Waals surface area contributed by atoms with Crippen molar-refractivity contribution in [2.24, 2.45) is 0 Å². The fourth-order valence-electron chi connectivity index (χ4n) is 4.55. The smallest absolute Gasteiger partial charge is 0.227 e. The Labute approximate surface area is 225 Å². The zero-order chi connectivity index (χ0) is 26.0. The summed E-state index contributed by atoms with van der Waals surface area (Å²) in [7, 11) is 0. The molecule has 0 aliphatic carbocycles. The second-order valence-electron chi connectivity index (χ2n) is 9.18. The van der Waals surface area contributed by atoms with Crippen molar-refractivity contribution in [2.75, 3.05) is 0 Å². The predicted octanol–water partition coefficient (Wildman–Crippen LogP) is 8.35. The molecule has 0 aliphatic rings. The van der Waals surface area contributed by atoms with Crippen LogP contribution in [0.15, 0.2) is 138 Å². The third-order valence-corrected chi connectivity index (χ3v) is 6.60. The molecule has 0 saturated heterocycles. The molecule has 7 rings (SSSR count). The van der Waals surface area contributed by atoms with Crippen LogP contribution in [0.2, 0.25) is 0 Å². The summed E-state index contributed by atoms with van der Waals surface area (Å²) < 4.78 is 5.92. The first-order valence-corrected chi connectivity index (χ1v) is 12.7. The Kier molecular flexibility index (Phi) is 5.72. The molecule has 5 aromatic carbocycles. The van der Waals surface area contributed by atoms with Crippen LogP contribution in [0.25, 0.3) is 67.8 Å². The minimum atomic E-state index is 0.622. The third kappa shape index (κ3) is 4.58. The second kappa shape index (κ2) is 9.80. The van der Waals surface area contributed by atoms with Gasteiger partial charge in [0.15, 0.2) is 23.1 Å². The molecular formula is C34H22N4O. The summed E-state index contributed by atoms with van der Waals surface area (Å²) in [5.74, 6) is 2.56. The summed E-state index contributed by atoms with van der Waals surface area (Å²) in [6, 6.07) is 44.4. The fraction of sp³-hybridized carbons (Fsp3) is 0. The summed E-state index contributed by atoms with van der Waals surface area (Å²) in [5, 5.41) is 0. The number of hydrogen-bond donors (Lipinski definition) is 0. The van der Waals surface area contributed by atoms with Crippen LogP contribution in [0.3, 0.4) is 0 Å². The van der Waals surface area contributed by atoms with E-state index < -0.39 is 0 Å². The number of aromatic nitrogens is 4. The van der Waals surface area contributed by atoms with Gasteiger partial charge in [-0.25, -0.2) is 19.9 Å². The quantitative estimate of drug-likeness (QED) is 0.237. The first-order valence-electron chi connectivity index (χ1n) is 12.7. The van der Waals surface area contributed by atoms with Crippen LogP contribution in [0.1, 0.15) is 0 Å². The van der Waals surface area contributed by atoms with E-state index in [4.69, 9.17) is 19.4 Å². The molecule has 0 bridgehead atoms. The Morgan fingerprint density at radius 1 is 0.333 bits per heavy atom. The van der Waals surface area contributed by atoms with Gasteiger partial charge in [-0.1, -0.05) is 109 Å². The molecule has 5 heteroatoms. The molecule has 0 unspecified atom stereocenters. The number of hydrogen-bond acceptors (Lipinski definition) is 5. The molecular weight excluding hydrogens is 480 g/mol. The average Bonchev–Trinajstić information content (AvgIpc) is 3.46. The highest BCUT2D eigenvalue weighted by atomic mass is 16.3. The van der Waals surface area contributed by atoms with Crippen LogP contribution in [0.5, 0.6) is 0 Å². The van der Waals surface area contributed by atoms with Crippen molar-refractivity contribution in [2.45, 2.75) is 0 Å². The summed E-state index contributed by atoms with van der Waals surface area (Å²) in [6.07, 6.45) is 0. The van der Waals surface area contributed by atoms with Gasteiger partial charge in [-0.3, -0.25) is 0 Å². The zero-order valence-electron chi connectivity index (χ0n) is 20.9. The van der Waals surface area contributed by atoms with Gasteiger partial charge in [0.25, 0.3) is 0 Å². The first-order chi connectivity index (χ1) is 19.3. The minimum Gasteiger partial charge on any atom is -0.436 e. The van der Waals surface area contributed by atoms with Gasteiger partial charge in [0, 0.05) is 22.3 Å². The van der Waals surface area contributed by atoms with Gasteiger partial charge in [-0.15, -0.1) is 0 Å². The van der Waals surface area contributed by atoms with Gasteiger partial charge in [-0.2, -0.15) is 0 Å². The van der Waals surface area contributed by atoms with Gasteiger partial charge in [0.05, 0.1) is 0 Å². The number of rotatable bonds is 5. The van der Waals surface area contributed by atoms with Gasteiger partial charge in [-0.05, 0) is 35.4 Å². The SMILES string of the molecule is c1ccc(-c2nc(-c3ccccc3)nc(-c3ccc(-c4ccc(-c5nc6ccccc6o5)cc4)cc3)n2)cc1. The minimum absolute atomic E-state index is 0.622. The van der Waals surface area contributed by atoms with E-state index in [0.717, 1.165) is 44.5 Å². The molecule has 0 spiro atoms. The Bertz CT molecular complexity index is 1790. The largest absolute Gasteiger partial charge is 0.436 e. The maximum atomic E-state index is 5.92. The van der Waals surface area contributed by atoms with E-state index in [0.29, 0.717) is 23.4 Å². The topological polar surface area (TPSA) is 64.7 Å². The lowest BCUT2D eigenvalue weighted by molar-refractivity contribution is 0.620. The molecule has 0 saturated carbocycles. The van der Waals surface area contributed by atoms with Crippen LogP contribution < -0.4 is 0 Å². The van der Waals surface area contributed by atoms with Crippen LogP contribution in [0.4, 0.5) is 0 Å². The molecule has 7 aromatic rings. The van der Waals surface area contributed by atoms with Gasteiger partial charge < -0.3 is 4.42 Å². The average molecular weight is 503 g/mol. The fourth-order valence-corrected chi connectivity index (χ4v) is 4.55. The monoisotopic (exact) mass is 502 g/mol. The Morgan fingerprint density at radius 2 is 0.744 bits per heavy atom. The lowest BCUT2D eigenvalue weighted by Gasteiger charge is -2.09. The lowest BCUT2D eigenvalue weighted by Crippen LogP contribution is -2.00. The van der Waals surface area contributed by atoms with Crippen molar-refractivity contribution in [1.82, 2.24) is 19.9 Å². The number of nitrogens with zero attached hydrogens (tertiary/aromatic N) is 4. The van der Waals surface area contributed by atoms with Crippen molar-refractivity contribution < 1.29 is 4.42 Å². The highest BCUT2D eigenvalue weighted by Gasteiger charge is 2.13. The van der Waals surface area contributed by atoms with Crippen molar-refractivity contribution in [3.05, 3.63) is 133 Å². The molecule has 0 radical (unpaired) electrons. The summed E-state index contributed by atoms with van der Waals surface area (Å²) in [4.78, 5) is 19.0. The van der Waals surface area contributed by atoms with E-state index in [1.165, 1.54) is 0 Å². The van der Waals surface area contributed by atoms with E-state index in [1.54, 1.807) is 0 Å². The predicted molar refractivity (Wildman–Crippen MR) is 155 cm³/mol. The van der Waals surface area contributed by atoms with Crippen molar-refractivity contribution in [3.8, 4) is 56.7 Å².